The largest absolute Gasteiger partial charge is 0.365 e. The molecule has 0 aliphatic carbocycles. The van der Waals surface area contributed by atoms with E-state index < -0.39 is 0 Å². The van der Waals surface area contributed by atoms with E-state index in [-0.39, 0.29) is 5.82 Å². The number of aromatic nitrogens is 3. The number of aryl methyl sites for hydroxylation is 1. The average molecular weight is 299 g/mol. The number of rotatable bonds is 5. The molecule has 4 N–H and O–H groups in total. The van der Waals surface area contributed by atoms with Crippen LogP contribution in [0.25, 0.3) is 11.0 Å². The molecular weight excluding hydrogens is 281 g/mol. The minimum Gasteiger partial charge on any atom is -0.365 e. The first kappa shape index (κ1) is 14.5. The van der Waals surface area contributed by atoms with E-state index in [4.69, 9.17) is 5.73 Å². The highest BCUT2D eigenvalue weighted by molar-refractivity contribution is 5.88. The summed E-state index contributed by atoms with van der Waals surface area (Å²) in [6.07, 6.45) is 0.444. The molecular formula is C16H18FN5. The molecule has 3 aromatic rings. The Kier molecular flexibility index (Phi) is 4.02. The van der Waals surface area contributed by atoms with Crippen LogP contribution in [-0.4, -0.2) is 21.5 Å². The maximum Gasteiger partial charge on any atom is 0.157 e. The number of nitrogens with zero attached hydrogens (tertiary/aromatic N) is 2. The third-order valence-electron chi connectivity index (χ3n) is 3.47. The first-order valence-corrected chi connectivity index (χ1v) is 7.21. The van der Waals surface area contributed by atoms with Crippen molar-refractivity contribution in [2.45, 2.75) is 19.9 Å². The molecule has 3 rings (SSSR count). The molecule has 22 heavy (non-hydrogen) atoms. The van der Waals surface area contributed by atoms with Crippen molar-refractivity contribution in [3.05, 3.63) is 53.2 Å². The highest BCUT2D eigenvalue weighted by Gasteiger charge is 2.17. The number of nitrogens with one attached hydrogen (secondary N) is 2. The zero-order chi connectivity index (χ0) is 15.5. The third-order valence-corrected chi connectivity index (χ3v) is 3.47. The van der Waals surface area contributed by atoms with Crippen LogP contribution in [0.2, 0.25) is 0 Å². The lowest BCUT2D eigenvalue weighted by Crippen LogP contribution is -2.05. The number of aromatic amines is 1. The molecule has 0 saturated carbocycles. The predicted molar refractivity (Wildman–Crippen MR) is 85.1 cm³/mol. The number of anilines is 1. The second-order valence-electron chi connectivity index (χ2n) is 5.14. The van der Waals surface area contributed by atoms with Crippen molar-refractivity contribution >= 4 is 16.9 Å². The molecule has 0 saturated heterocycles. The molecule has 0 atom stereocenters. The lowest BCUT2D eigenvalue weighted by Gasteiger charge is -2.07. The van der Waals surface area contributed by atoms with Crippen molar-refractivity contribution in [3.63, 3.8) is 0 Å². The van der Waals surface area contributed by atoms with E-state index in [9.17, 15) is 4.39 Å². The summed E-state index contributed by atoms with van der Waals surface area (Å²) in [5.41, 5.74) is 7.59. The maximum atomic E-state index is 14.5. The summed E-state index contributed by atoms with van der Waals surface area (Å²) in [5.74, 6) is 0.767. The quantitative estimate of drug-likeness (QED) is 0.676. The van der Waals surface area contributed by atoms with Gasteiger partial charge in [0.15, 0.2) is 5.82 Å². The predicted octanol–water partition coefficient (Wildman–Crippen LogP) is 2.52. The van der Waals surface area contributed by atoms with Gasteiger partial charge in [0.25, 0.3) is 0 Å². The molecule has 0 radical (unpaired) electrons. The second-order valence-corrected chi connectivity index (χ2v) is 5.14. The van der Waals surface area contributed by atoms with Gasteiger partial charge in [-0.05, 0) is 19.0 Å². The molecule has 0 bridgehead atoms. The van der Waals surface area contributed by atoms with Crippen LogP contribution >= 0.6 is 0 Å². The molecule has 114 valence electrons. The fraction of sp³-hybridized carbons (Fsp3) is 0.250. The molecule has 0 fully saturated rings. The van der Waals surface area contributed by atoms with E-state index in [0.717, 1.165) is 5.56 Å². The van der Waals surface area contributed by atoms with Crippen LogP contribution in [0.3, 0.4) is 0 Å². The molecule has 6 heteroatoms. The van der Waals surface area contributed by atoms with E-state index in [1.165, 1.54) is 0 Å². The summed E-state index contributed by atoms with van der Waals surface area (Å²) in [6, 6.07) is 9.90. The van der Waals surface area contributed by atoms with E-state index in [2.05, 4.69) is 20.3 Å². The number of fused-ring (bicyclic) bond motifs is 1. The van der Waals surface area contributed by atoms with Crippen molar-refractivity contribution in [2.24, 2.45) is 5.73 Å². The smallest absolute Gasteiger partial charge is 0.157 e. The Hall–Kier alpha value is -2.47. The van der Waals surface area contributed by atoms with Crippen LogP contribution in [0.5, 0.6) is 0 Å². The monoisotopic (exact) mass is 299 g/mol. The Morgan fingerprint density at radius 2 is 2.00 bits per heavy atom. The van der Waals surface area contributed by atoms with Gasteiger partial charge in [-0.3, -0.25) is 0 Å². The lowest BCUT2D eigenvalue weighted by molar-refractivity contribution is 0.618. The van der Waals surface area contributed by atoms with Crippen LogP contribution in [-0.2, 0) is 13.0 Å². The topological polar surface area (TPSA) is 79.6 Å². The number of benzene rings is 1. The Morgan fingerprint density at radius 3 is 2.73 bits per heavy atom. The SMILES string of the molecule is Cc1nc(NCc2ccccc2)c2c(F)c(CCN)[nH]c2n1. The van der Waals surface area contributed by atoms with Crippen LogP contribution < -0.4 is 11.1 Å². The van der Waals surface area contributed by atoms with Gasteiger partial charge < -0.3 is 16.0 Å². The number of nitrogens with two attached hydrogens (primary N) is 1. The van der Waals surface area contributed by atoms with Gasteiger partial charge in [0.05, 0.1) is 11.1 Å². The number of H-pyrrole nitrogens is 1. The van der Waals surface area contributed by atoms with E-state index in [0.29, 0.717) is 47.9 Å². The molecule has 0 spiro atoms. The molecule has 5 nitrogen and oxygen atoms in total. The molecule has 0 aliphatic heterocycles. The van der Waals surface area contributed by atoms with Gasteiger partial charge in [0.1, 0.15) is 17.3 Å². The second kappa shape index (κ2) is 6.11. The summed E-state index contributed by atoms with van der Waals surface area (Å²) in [7, 11) is 0. The van der Waals surface area contributed by atoms with Gasteiger partial charge in [-0.1, -0.05) is 30.3 Å². The molecule has 2 heterocycles. The number of hydrogen-bond donors (Lipinski definition) is 3. The van der Waals surface area contributed by atoms with Crippen molar-refractivity contribution in [1.82, 2.24) is 15.0 Å². The van der Waals surface area contributed by atoms with Crippen LogP contribution in [0, 0.1) is 12.7 Å². The fourth-order valence-corrected chi connectivity index (χ4v) is 2.45. The Morgan fingerprint density at radius 1 is 1.23 bits per heavy atom. The van der Waals surface area contributed by atoms with E-state index >= 15 is 0 Å². The van der Waals surface area contributed by atoms with Gasteiger partial charge in [-0.2, -0.15) is 0 Å². The first-order valence-electron chi connectivity index (χ1n) is 7.21. The lowest BCUT2D eigenvalue weighted by atomic mass is 10.2. The molecule has 0 aliphatic rings. The van der Waals surface area contributed by atoms with Crippen LogP contribution in [0.1, 0.15) is 17.1 Å². The molecule has 0 amide bonds. The zero-order valence-electron chi connectivity index (χ0n) is 12.4. The summed E-state index contributed by atoms with van der Waals surface area (Å²) in [4.78, 5) is 11.6. The number of hydrogen-bond acceptors (Lipinski definition) is 4. The Labute approximate surface area is 127 Å². The zero-order valence-corrected chi connectivity index (χ0v) is 12.4. The van der Waals surface area contributed by atoms with E-state index in [1.807, 2.05) is 30.3 Å². The minimum absolute atomic E-state index is 0.323. The van der Waals surface area contributed by atoms with Crippen molar-refractivity contribution in [2.75, 3.05) is 11.9 Å². The van der Waals surface area contributed by atoms with Crippen molar-refractivity contribution < 1.29 is 4.39 Å². The average Bonchev–Trinajstić information content (AvgIpc) is 2.82. The standard InChI is InChI=1S/C16H18FN5/c1-10-20-15(19-9-11-5-3-2-4-6-11)13-14(17)12(7-8-18)22-16(13)21-10/h2-6H,7-9,18H2,1H3,(H2,19,20,21,22). The Bertz CT molecular complexity index is 782. The highest BCUT2D eigenvalue weighted by Crippen LogP contribution is 2.26. The molecule has 2 aromatic heterocycles. The van der Waals surface area contributed by atoms with Gasteiger partial charge in [-0.15, -0.1) is 0 Å². The van der Waals surface area contributed by atoms with Crippen LogP contribution in [0.4, 0.5) is 10.2 Å². The van der Waals surface area contributed by atoms with Gasteiger partial charge in [0, 0.05) is 13.0 Å². The summed E-state index contributed by atoms with van der Waals surface area (Å²) < 4.78 is 14.5. The summed E-state index contributed by atoms with van der Waals surface area (Å²) >= 11 is 0. The normalized spacial score (nSPS) is 11.0. The first-order chi connectivity index (χ1) is 10.7. The highest BCUT2D eigenvalue weighted by atomic mass is 19.1. The minimum atomic E-state index is -0.323. The summed E-state index contributed by atoms with van der Waals surface area (Å²) in [5, 5.41) is 3.59. The van der Waals surface area contributed by atoms with Gasteiger partial charge in [-0.25, -0.2) is 14.4 Å². The van der Waals surface area contributed by atoms with Crippen molar-refractivity contribution in [1.29, 1.82) is 0 Å². The van der Waals surface area contributed by atoms with Gasteiger partial charge >= 0.3 is 0 Å². The molecule has 0 unspecified atom stereocenters. The fourth-order valence-electron chi connectivity index (χ4n) is 2.45. The molecule has 1 aromatic carbocycles. The van der Waals surface area contributed by atoms with Crippen molar-refractivity contribution in [3.8, 4) is 0 Å². The number of halogens is 1. The maximum absolute atomic E-state index is 14.5. The van der Waals surface area contributed by atoms with Gasteiger partial charge in [0.2, 0.25) is 0 Å². The van der Waals surface area contributed by atoms with E-state index in [1.54, 1.807) is 6.92 Å². The Balaban J connectivity index is 1.97. The summed E-state index contributed by atoms with van der Waals surface area (Å²) in [6.45, 7) is 2.74. The van der Waals surface area contributed by atoms with Crippen LogP contribution in [0.15, 0.2) is 30.3 Å². The third kappa shape index (κ3) is 2.78.